The number of benzene rings is 3. The molecule has 1 atom stereocenters. The normalized spacial score (nSPS) is 14.4. The lowest BCUT2D eigenvalue weighted by Gasteiger charge is -2.33. The van der Waals surface area contributed by atoms with Crippen LogP contribution in [0.15, 0.2) is 71.6 Å². The van der Waals surface area contributed by atoms with Gasteiger partial charge in [0.25, 0.3) is 10.0 Å². The van der Waals surface area contributed by atoms with Crippen molar-refractivity contribution in [3.63, 3.8) is 0 Å². The molecule has 236 valence electrons. The van der Waals surface area contributed by atoms with E-state index in [1.54, 1.807) is 49.4 Å². The second-order valence-electron chi connectivity index (χ2n) is 11.0. The number of amides is 2. The molecule has 0 spiro atoms. The lowest BCUT2D eigenvalue weighted by atomic mass is 9.95. The van der Waals surface area contributed by atoms with E-state index in [4.69, 9.17) is 21.1 Å². The van der Waals surface area contributed by atoms with Gasteiger partial charge in [-0.25, -0.2) is 8.42 Å². The highest BCUT2D eigenvalue weighted by Crippen LogP contribution is 2.34. The molecule has 0 saturated heterocycles. The minimum Gasteiger partial charge on any atom is -0.493 e. The lowest BCUT2D eigenvalue weighted by molar-refractivity contribution is -0.139. The Morgan fingerprint density at radius 2 is 1.64 bits per heavy atom. The Morgan fingerprint density at radius 1 is 0.955 bits per heavy atom. The summed E-state index contributed by atoms with van der Waals surface area (Å²) in [6.45, 7) is 3.02. The highest BCUT2D eigenvalue weighted by Gasteiger charge is 2.33. The summed E-state index contributed by atoms with van der Waals surface area (Å²) in [5.41, 5.74) is 1.81. The van der Waals surface area contributed by atoms with E-state index in [-0.39, 0.29) is 29.1 Å². The van der Waals surface area contributed by atoms with Gasteiger partial charge in [0.1, 0.15) is 12.6 Å². The van der Waals surface area contributed by atoms with E-state index in [1.807, 2.05) is 13.0 Å². The molecule has 0 heterocycles. The second-order valence-corrected chi connectivity index (χ2v) is 13.3. The fraction of sp³-hybridized carbons (Fsp3) is 0.394. The molecule has 0 aliphatic heterocycles. The van der Waals surface area contributed by atoms with Crippen LogP contribution >= 0.6 is 11.6 Å². The number of methoxy groups -OCH3 is 2. The van der Waals surface area contributed by atoms with E-state index in [0.717, 1.165) is 42.0 Å². The van der Waals surface area contributed by atoms with Crippen LogP contribution < -0.4 is 19.1 Å². The van der Waals surface area contributed by atoms with Gasteiger partial charge in [0.05, 0.1) is 24.8 Å². The average Bonchev–Trinajstić information content (AvgIpc) is 3.02. The number of ether oxygens (including phenoxy) is 2. The van der Waals surface area contributed by atoms with Crippen LogP contribution in [0.4, 0.5) is 5.69 Å². The molecular formula is C33H40ClN3O6S. The molecule has 2 amide bonds. The quantitative estimate of drug-likeness (QED) is 0.271. The van der Waals surface area contributed by atoms with E-state index in [9.17, 15) is 18.0 Å². The molecule has 4 rings (SSSR count). The standard InChI is InChI=1S/C33H40ClN3O6S/c1-23-13-16-29(17-14-23)44(40,41)37(28-15-18-30(42-3)31(20-28)43-4)22-32(38)36(21-25-9-8-10-26(34)19-25)24(2)33(39)35-27-11-6-5-7-12-27/h8-10,13-20,24,27H,5-7,11-12,21-22H2,1-4H3,(H,35,39)/t24-/m0/s1. The Kier molecular flexibility index (Phi) is 11.2. The summed E-state index contributed by atoms with van der Waals surface area (Å²) in [5, 5.41) is 3.59. The van der Waals surface area contributed by atoms with Crippen LogP contribution in [0.5, 0.6) is 11.5 Å². The summed E-state index contributed by atoms with van der Waals surface area (Å²) in [6.07, 6.45) is 5.01. The maximum absolute atomic E-state index is 14.2. The Bertz CT molecular complexity index is 1560. The Balaban J connectivity index is 1.72. The molecule has 1 fully saturated rings. The molecule has 0 unspecified atom stereocenters. The second kappa shape index (κ2) is 14.8. The molecule has 1 saturated carbocycles. The van der Waals surface area contributed by atoms with Crippen LogP contribution in [0.25, 0.3) is 0 Å². The number of hydrogen-bond acceptors (Lipinski definition) is 6. The zero-order chi connectivity index (χ0) is 31.9. The molecule has 11 heteroatoms. The number of hydrogen-bond donors (Lipinski definition) is 1. The molecule has 0 bridgehead atoms. The van der Waals surface area contributed by atoms with Gasteiger partial charge in [-0.05, 0) is 68.7 Å². The van der Waals surface area contributed by atoms with Crippen molar-refractivity contribution >= 4 is 39.1 Å². The number of aryl methyl sites for hydroxylation is 1. The van der Waals surface area contributed by atoms with E-state index >= 15 is 0 Å². The number of sulfonamides is 1. The summed E-state index contributed by atoms with van der Waals surface area (Å²) in [7, 11) is -1.29. The van der Waals surface area contributed by atoms with Crippen molar-refractivity contribution in [2.24, 2.45) is 0 Å². The van der Waals surface area contributed by atoms with Crippen molar-refractivity contribution in [1.29, 1.82) is 0 Å². The van der Waals surface area contributed by atoms with Crippen molar-refractivity contribution in [2.75, 3.05) is 25.1 Å². The molecule has 44 heavy (non-hydrogen) atoms. The molecule has 3 aromatic carbocycles. The number of anilines is 1. The average molecular weight is 642 g/mol. The molecular weight excluding hydrogens is 602 g/mol. The van der Waals surface area contributed by atoms with Crippen molar-refractivity contribution in [2.45, 2.75) is 69.5 Å². The number of nitrogens with zero attached hydrogens (tertiary/aromatic N) is 2. The number of rotatable bonds is 12. The molecule has 1 N–H and O–H groups in total. The van der Waals surface area contributed by atoms with Gasteiger partial charge in [-0.2, -0.15) is 0 Å². The third-order valence-corrected chi connectivity index (χ3v) is 9.93. The van der Waals surface area contributed by atoms with Crippen molar-refractivity contribution < 1.29 is 27.5 Å². The molecule has 9 nitrogen and oxygen atoms in total. The van der Waals surface area contributed by atoms with Crippen molar-refractivity contribution in [1.82, 2.24) is 10.2 Å². The Morgan fingerprint density at radius 3 is 2.27 bits per heavy atom. The van der Waals surface area contributed by atoms with E-state index in [0.29, 0.717) is 22.1 Å². The van der Waals surface area contributed by atoms with Gasteiger partial charge in [0.15, 0.2) is 11.5 Å². The van der Waals surface area contributed by atoms with Gasteiger partial charge >= 0.3 is 0 Å². The molecule has 0 radical (unpaired) electrons. The summed E-state index contributed by atoms with van der Waals surface area (Å²) in [5.74, 6) is -0.128. The number of carbonyl (C=O) groups excluding carboxylic acids is 2. The van der Waals surface area contributed by atoms with Crippen molar-refractivity contribution in [3.8, 4) is 11.5 Å². The summed E-state index contributed by atoms with van der Waals surface area (Å²) in [4.78, 5) is 29.1. The highest BCUT2D eigenvalue weighted by atomic mass is 35.5. The minimum atomic E-state index is -4.22. The third-order valence-electron chi connectivity index (χ3n) is 7.90. The van der Waals surface area contributed by atoms with E-state index in [1.165, 1.54) is 37.3 Å². The van der Waals surface area contributed by atoms with Crippen LogP contribution in [-0.4, -0.2) is 58.0 Å². The fourth-order valence-electron chi connectivity index (χ4n) is 5.33. The SMILES string of the molecule is COc1ccc(N(CC(=O)N(Cc2cccc(Cl)c2)[C@@H](C)C(=O)NC2CCCCC2)S(=O)(=O)c2ccc(C)cc2)cc1OC. The van der Waals surface area contributed by atoms with Gasteiger partial charge in [0, 0.05) is 23.7 Å². The molecule has 1 aliphatic carbocycles. The third kappa shape index (κ3) is 8.04. The van der Waals surface area contributed by atoms with Crippen LogP contribution in [0, 0.1) is 6.92 Å². The first-order chi connectivity index (χ1) is 21.0. The van der Waals surface area contributed by atoms with E-state index < -0.39 is 28.5 Å². The topological polar surface area (TPSA) is 105 Å². The zero-order valence-corrected chi connectivity index (χ0v) is 27.2. The molecule has 3 aromatic rings. The van der Waals surface area contributed by atoms with Crippen molar-refractivity contribution in [3.05, 3.63) is 82.9 Å². The summed E-state index contributed by atoms with van der Waals surface area (Å²) in [6, 6.07) is 17.3. The molecule has 0 aromatic heterocycles. The number of carbonyl (C=O) groups is 2. The first-order valence-corrected chi connectivity index (χ1v) is 16.5. The Labute approximate surface area is 265 Å². The largest absolute Gasteiger partial charge is 0.493 e. The van der Waals surface area contributed by atoms with Gasteiger partial charge in [0.2, 0.25) is 11.8 Å². The predicted molar refractivity (Wildman–Crippen MR) is 172 cm³/mol. The van der Waals surface area contributed by atoms with Gasteiger partial charge in [-0.15, -0.1) is 0 Å². The zero-order valence-electron chi connectivity index (χ0n) is 25.6. The predicted octanol–water partition coefficient (Wildman–Crippen LogP) is 5.73. The van der Waals surface area contributed by atoms with Crippen LogP contribution in [0.2, 0.25) is 5.02 Å². The van der Waals surface area contributed by atoms with Crippen LogP contribution in [0.1, 0.15) is 50.2 Å². The summed E-state index contributed by atoms with van der Waals surface area (Å²) < 4.78 is 40.0. The number of halogens is 1. The lowest BCUT2D eigenvalue weighted by Crippen LogP contribution is -2.53. The maximum atomic E-state index is 14.2. The van der Waals surface area contributed by atoms with Crippen LogP contribution in [0.3, 0.4) is 0 Å². The van der Waals surface area contributed by atoms with Gasteiger partial charge in [-0.1, -0.05) is 60.7 Å². The van der Waals surface area contributed by atoms with Crippen LogP contribution in [-0.2, 0) is 26.2 Å². The van der Waals surface area contributed by atoms with Gasteiger partial charge in [-0.3, -0.25) is 13.9 Å². The number of nitrogens with one attached hydrogen (secondary N) is 1. The smallest absolute Gasteiger partial charge is 0.264 e. The summed E-state index contributed by atoms with van der Waals surface area (Å²) >= 11 is 6.24. The minimum absolute atomic E-state index is 0.0233. The Hall–Kier alpha value is -3.76. The monoisotopic (exact) mass is 641 g/mol. The highest BCUT2D eigenvalue weighted by molar-refractivity contribution is 7.92. The van der Waals surface area contributed by atoms with Gasteiger partial charge < -0.3 is 19.7 Å². The first-order valence-electron chi connectivity index (χ1n) is 14.7. The fourth-order valence-corrected chi connectivity index (χ4v) is 6.95. The first kappa shape index (κ1) is 33.1. The molecule has 1 aliphatic rings. The maximum Gasteiger partial charge on any atom is 0.264 e. The van der Waals surface area contributed by atoms with E-state index in [2.05, 4.69) is 5.32 Å².